The first-order chi connectivity index (χ1) is 14.9. The van der Waals surface area contributed by atoms with Crippen molar-refractivity contribution in [3.63, 3.8) is 0 Å². The number of fused-ring (bicyclic) bond motifs is 3. The third-order valence-corrected chi connectivity index (χ3v) is 6.37. The zero-order valence-corrected chi connectivity index (χ0v) is 16.1. The molecule has 0 aliphatic carbocycles. The highest BCUT2D eigenvalue weighted by Gasteiger charge is 2.78. The number of ether oxygens (including phenoxy) is 2. The number of benzene rings is 2. The SMILES string of the molecule is NC1=N[C@@]23Oc4ccc5ccccc5c4[C@@]2(NC(=O)N3[C@H]2C[C@H](O)[C@@H](CO)O2)C(=O)N1. The molecular weight excluding hydrogens is 406 g/mol. The molecule has 5 atom stereocenters. The molecule has 0 radical (unpaired) electrons. The minimum absolute atomic E-state index is 0.00791. The van der Waals surface area contributed by atoms with Crippen LogP contribution in [0.25, 0.3) is 10.8 Å². The van der Waals surface area contributed by atoms with E-state index in [-0.39, 0.29) is 12.4 Å². The van der Waals surface area contributed by atoms with Crippen LogP contribution < -0.4 is 21.1 Å². The molecule has 2 saturated heterocycles. The van der Waals surface area contributed by atoms with Crippen molar-refractivity contribution >= 4 is 28.7 Å². The number of carbonyl (C=O) groups excluding carboxylic acids is 2. The summed E-state index contributed by atoms with van der Waals surface area (Å²) in [5, 5.41) is 26.6. The lowest BCUT2D eigenvalue weighted by Gasteiger charge is -2.41. The monoisotopic (exact) mass is 425 g/mol. The van der Waals surface area contributed by atoms with Crippen LogP contribution in [0.5, 0.6) is 5.75 Å². The van der Waals surface area contributed by atoms with Crippen LogP contribution in [-0.4, -0.2) is 63.9 Å². The molecule has 3 amide bonds. The quantitative estimate of drug-likeness (QED) is 0.414. The highest BCUT2D eigenvalue weighted by atomic mass is 16.6. The Balaban J connectivity index is 1.61. The third kappa shape index (κ3) is 2.05. The summed E-state index contributed by atoms with van der Waals surface area (Å²) >= 11 is 0. The predicted octanol–water partition coefficient (Wildman–Crippen LogP) is -0.981. The van der Waals surface area contributed by atoms with Gasteiger partial charge in [-0.05, 0) is 16.8 Å². The Kier molecular flexibility index (Phi) is 3.46. The third-order valence-electron chi connectivity index (χ3n) is 6.37. The average molecular weight is 425 g/mol. The van der Waals surface area contributed by atoms with E-state index in [1.165, 1.54) is 0 Å². The molecule has 0 aromatic heterocycles. The average Bonchev–Trinajstić information content (AvgIpc) is 3.32. The van der Waals surface area contributed by atoms with Crippen LogP contribution in [0.3, 0.4) is 0 Å². The Bertz CT molecular complexity index is 1190. The highest BCUT2D eigenvalue weighted by Crippen LogP contribution is 2.57. The largest absolute Gasteiger partial charge is 0.445 e. The summed E-state index contributed by atoms with van der Waals surface area (Å²) in [6, 6.07) is 10.3. The molecule has 4 aliphatic rings. The van der Waals surface area contributed by atoms with Crippen molar-refractivity contribution in [2.24, 2.45) is 10.7 Å². The van der Waals surface area contributed by atoms with Crippen molar-refractivity contribution in [1.29, 1.82) is 0 Å². The van der Waals surface area contributed by atoms with Gasteiger partial charge in [0, 0.05) is 12.0 Å². The lowest BCUT2D eigenvalue weighted by Crippen LogP contribution is -2.70. The number of amides is 3. The Morgan fingerprint density at radius 1 is 1.26 bits per heavy atom. The fourth-order valence-electron chi connectivity index (χ4n) is 5.09. The van der Waals surface area contributed by atoms with Crippen molar-refractivity contribution in [3.05, 3.63) is 42.0 Å². The number of guanidine groups is 1. The van der Waals surface area contributed by atoms with Gasteiger partial charge < -0.3 is 30.7 Å². The lowest BCUT2D eigenvalue weighted by molar-refractivity contribution is -0.163. The van der Waals surface area contributed by atoms with E-state index >= 15 is 0 Å². The van der Waals surface area contributed by atoms with Crippen LogP contribution in [0.4, 0.5) is 4.79 Å². The second-order valence-electron chi connectivity index (χ2n) is 7.99. The summed E-state index contributed by atoms with van der Waals surface area (Å²) < 4.78 is 12.0. The van der Waals surface area contributed by atoms with Gasteiger partial charge in [0.1, 0.15) is 18.1 Å². The van der Waals surface area contributed by atoms with Gasteiger partial charge in [-0.25, -0.2) is 9.69 Å². The highest BCUT2D eigenvalue weighted by molar-refractivity contribution is 6.11. The van der Waals surface area contributed by atoms with Gasteiger partial charge >= 0.3 is 11.9 Å². The number of aliphatic hydroxyl groups excluding tert-OH is 2. The number of nitrogens with two attached hydrogens (primary N) is 1. The van der Waals surface area contributed by atoms with Crippen molar-refractivity contribution < 1.29 is 29.3 Å². The number of rotatable bonds is 2. The summed E-state index contributed by atoms with van der Waals surface area (Å²) in [6.07, 6.45) is -2.88. The molecule has 0 spiro atoms. The van der Waals surface area contributed by atoms with Gasteiger partial charge in [-0.15, -0.1) is 0 Å². The maximum absolute atomic E-state index is 13.5. The van der Waals surface area contributed by atoms with Crippen LogP contribution >= 0.6 is 0 Å². The van der Waals surface area contributed by atoms with Gasteiger partial charge in [0.15, 0.2) is 0 Å². The lowest BCUT2D eigenvalue weighted by atomic mass is 9.82. The first kappa shape index (κ1) is 18.4. The smallest absolute Gasteiger partial charge is 0.328 e. The van der Waals surface area contributed by atoms with E-state index in [1.807, 2.05) is 30.3 Å². The Labute approximate surface area is 175 Å². The van der Waals surface area contributed by atoms with Crippen LogP contribution in [-0.2, 0) is 15.1 Å². The van der Waals surface area contributed by atoms with Gasteiger partial charge in [-0.1, -0.05) is 30.3 Å². The Hall–Kier alpha value is -3.41. The maximum atomic E-state index is 13.5. The van der Waals surface area contributed by atoms with E-state index in [2.05, 4.69) is 15.6 Å². The maximum Gasteiger partial charge on any atom is 0.328 e. The minimum Gasteiger partial charge on any atom is -0.445 e. The standard InChI is InChI=1S/C20H19N5O6/c21-17-22-16(28)19-15-10-4-2-1-3-9(10)5-6-12(15)31-20(19,23-17)25(18(29)24-19)14-7-11(27)13(8-26)30-14/h1-6,11,13-14,26-27H,7-8H2,(H,24,29)(H3,21,22,23,28)/t11-,13+,14+,19+,20-/m0/s1. The van der Waals surface area contributed by atoms with Gasteiger partial charge in [0.05, 0.1) is 12.7 Å². The van der Waals surface area contributed by atoms with Gasteiger partial charge in [0.25, 0.3) is 5.91 Å². The second kappa shape index (κ2) is 5.84. The van der Waals surface area contributed by atoms with Crippen LogP contribution in [0.15, 0.2) is 41.4 Å². The van der Waals surface area contributed by atoms with E-state index < -0.39 is 48.4 Å². The van der Waals surface area contributed by atoms with Crippen molar-refractivity contribution in [2.45, 2.75) is 36.2 Å². The summed E-state index contributed by atoms with van der Waals surface area (Å²) in [5.41, 5.74) is 4.64. The van der Waals surface area contributed by atoms with E-state index in [0.29, 0.717) is 11.3 Å². The second-order valence-corrected chi connectivity index (χ2v) is 7.99. The number of nitrogens with zero attached hydrogens (tertiary/aromatic N) is 2. The van der Waals surface area contributed by atoms with Gasteiger partial charge in [0.2, 0.25) is 11.5 Å². The number of hydrogen-bond acceptors (Lipinski definition) is 8. The van der Waals surface area contributed by atoms with Gasteiger partial charge in [-0.2, -0.15) is 4.99 Å². The zero-order chi connectivity index (χ0) is 21.5. The summed E-state index contributed by atoms with van der Waals surface area (Å²) in [7, 11) is 0. The van der Waals surface area contributed by atoms with E-state index in [0.717, 1.165) is 15.7 Å². The molecule has 31 heavy (non-hydrogen) atoms. The molecular formula is C20H19N5O6. The van der Waals surface area contributed by atoms with E-state index in [1.54, 1.807) is 6.07 Å². The van der Waals surface area contributed by atoms with Crippen LogP contribution in [0.2, 0.25) is 0 Å². The molecule has 11 nitrogen and oxygen atoms in total. The molecule has 160 valence electrons. The normalized spacial score (nSPS) is 35.7. The Morgan fingerprint density at radius 2 is 2.06 bits per heavy atom. The predicted molar refractivity (Wildman–Crippen MR) is 105 cm³/mol. The molecule has 0 bridgehead atoms. The van der Waals surface area contributed by atoms with Gasteiger partial charge in [-0.3, -0.25) is 10.1 Å². The molecule has 11 heteroatoms. The number of carbonyl (C=O) groups is 2. The van der Waals surface area contributed by atoms with Crippen molar-refractivity contribution in [3.8, 4) is 5.75 Å². The molecule has 4 aliphatic heterocycles. The number of aliphatic imine (C=N–C) groups is 1. The molecule has 4 heterocycles. The number of aliphatic hydroxyl groups is 2. The molecule has 2 aromatic rings. The first-order valence-electron chi connectivity index (χ1n) is 9.85. The fourth-order valence-corrected chi connectivity index (χ4v) is 5.09. The molecule has 2 fully saturated rings. The van der Waals surface area contributed by atoms with Crippen LogP contribution in [0.1, 0.15) is 12.0 Å². The number of urea groups is 1. The zero-order valence-electron chi connectivity index (χ0n) is 16.1. The number of hydrogen-bond donors (Lipinski definition) is 5. The minimum atomic E-state index is -1.89. The number of nitrogens with one attached hydrogen (secondary N) is 2. The summed E-state index contributed by atoms with van der Waals surface area (Å²) in [4.78, 5) is 32.3. The summed E-state index contributed by atoms with van der Waals surface area (Å²) in [5.74, 6) is -2.33. The molecule has 0 unspecified atom stereocenters. The molecule has 0 saturated carbocycles. The first-order valence-corrected chi connectivity index (χ1v) is 9.85. The fraction of sp³-hybridized carbons (Fsp3) is 0.350. The van der Waals surface area contributed by atoms with E-state index in [4.69, 9.17) is 15.2 Å². The van der Waals surface area contributed by atoms with Crippen molar-refractivity contribution in [1.82, 2.24) is 15.5 Å². The Morgan fingerprint density at radius 3 is 2.84 bits per heavy atom. The molecule has 6 N–H and O–H groups in total. The van der Waals surface area contributed by atoms with Crippen molar-refractivity contribution in [2.75, 3.05) is 6.61 Å². The molecule has 6 rings (SSSR count). The van der Waals surface area contributed by atoms with E-state index in [9.17, 15) is 19.8 Å². The van der Waals surface area contributed by atoms with Crippen LogP contribution in [0, 0.1) is 0 Å². The molecule has 2 aromatic carbocycles. The summed E-state index contributed by atoms with van der Waals surface area (Å²) in [6.45, 7) is -0.428. The topological polar surface area (TPSA) is 159 Å².